The van der Waals surface area contributed by atoms with Gasteiger partial charge in [-0.3, -0.25) is 9.59 Å². The molecule has 1 aromatic carbocycles. The molecule has 0 bridgehead atoms. The van der Waals surface area contributed by atoms with Crippen molar-refractivity contribution in [2.24, 2.45) is 0 Å². The number of anilines is 1. The van der Waals surface area contributed by atoms with Crippen LogP contribution in [0, 0.1) is 13.8 Å². The van der Waals surface area contributed by atoms with E-state index in [-0.39, 0.29) is 12.4 Å². The van der Waals surface area contributed by atoms with Gasteiger partial charge in [-0.15, -0.1) is 11.8 Å². The molecular weight excluding hydrogens is 352 g/mol. The monoisotopic (exact) mass is 368 g/mol. The predicted octanol–water partition coefficient (Wildman–Crippen LogP) is 3.36. The lowest BCUT2D eigenvalue weighted by atomic mass is 10.2. The van der Waals surface area contributed by atoms with Crippen molar-refractivity contribution in [2.75, 3.05) is 17.7 Å². The van der Waals surface area contributed by atoms with Crippen LogP contribution in [0.5, 0.6) is 0 Å². The van der Waals surface area contributed by atoms with Crippen molar-refractivity contribution in [3.63, 3.8) is 0 Å². The summed E-state index contributed by atoms with van der Waals surface area (Å²) in [5, 5.41) is 6.86. The van der Waals surface area contributed by atoms with Crippen LogP contribution in [0.25, 0.3) is 0 Å². The van der Waals surface area contributed by atoms with Gasteiger partial charge in [0.1, 0.15) is 5.76 Å². The fourth-order valence-electron chi connectivity index (χ4n) is 1.88. The van der Waals surface area contributed by atoms with Gasteiger partial charge >= 0.3 is 5.97 Å². The van der Waals surface area contributed by atoms with Crippen LogP contribution in [0.2, 0.25) is 5.02 Å². The van der Waals surface area contributed by atoms with E-state index < -0.39 is 11.9 Å². The molecule has 24 heavy (non-hydrogen) atoms. The minimum Gasteiger partial charge on any atom is -0.455 e. The van der Waals surface area contributed by atoms with E-state index in [1.54, 1.807) is 24.3 Å². The van der Waals surface area contributed by atoms with Gasteiger partial charge in [-0.2, -0.15) is 0 Å². The number of aryl methyl sites for hydroxylation is 2. The largest absolute Gasteiger partial charge is 0.455 e. The Balaban J connectivity index is 1.69. The number of rotatable bonds is 7. The average Bonchev–Trinajstić information content (AvgIpc) is 2.87. The van der Waals surface area contributed by atoms with E-state index in [0.717, 1.165) is 17.0 Å². The van der Waals surface area contributed by atoms with Crippen LogP contribution in [0.4, 0.5) is 5.69 Å². The fraction of sp³-hybridized carbons (Fsp3) is 0.312. The zero-order valence-electron chi connectivity index (χ0n) is 13.3. The Hall–Kier alpha value is -1.99. The molecule has 0 aliphatic heterocycles. The van der Waals surface area contributed by atoms with Crippen molar-refractivity contribution in [3.8, 4) is 0 Å². The number of thioether (sulfide) groups is 1. The van der Waals surface area contributed by atoms with Gasteiger partial charge in [0.25, 0.3) is 5.91 Å². The number of esters is 1. The van der Waals surface area contributed by atoms with Crippen molar-refractivity contribution in [3.05, 3.63) is 46.3 Å². The summed E-state index contributed by atoms with van der Waals surface area (Å²) in [7, 11) is 0. The van der Waals surface area contributed by atoms with Crippen LogP contribution >= 0.6 is 23.4 Å². The molecular formula is C16H17ClN2O4S. The third-order valence-electron chi connectivity index (χ3n) is 3.16. The Kier molecular flexibility index (Phi) is 6.69. The number of carbonyl (C=O) groups is 2. The molecule has 0 aliphatic rings. The van der Waals surface area contributed by atoms with Crippen LogP contribution < -0.4 is 5.32 Å². The maximum absolute atomic E-state index is 11.7. The molecule has 0 aliphatic carbocycles. The Morgan fingerprint density at radius 3 is 2.75 bits per heavy atom. The lowest BCUT2D eigenvalue weighted by molar-refractivity contribution is -0.144. The third kappa shape index (κ3) is 5.28. The van der Waals surface area contributed by atoms with Crippen LogP contribution in [0.15, 0.2) is 28.8 Å². The van der Waals surface area contributed by atoms with Crippen molar-refractivity contribution < 1.29 is 18.8 Å². The number of aromatic nitrogens is 1. The van der Waals surface area contributed by atoms with Crippen molar-refractivity contribution in [1.82, 2.24) is 5.16 Å². The first kappa shape index (κ1) is 18.4. The lowest BCUT2D eigenvalue weighted by Gasteiger charge is -2.07. The molecule has 0 radical (unpaired) electrons. The first-order valence-corrected chi connectivity index (χ1v) is 8.70. The number of benzene rings is 1. The molecule has 1 N–H and O–H groups in total. The summed E-state index contributed by atoms with van der Waals surface area (Å²) in [6, 6.07) is 6.84. The van der Waals surface area contributed by atoms with Gasteiger partial charge in [-0.05, 0) is 26.0 Å². The normalized spacial score (nSPS) is 10.5. The molecule has 2 aromatic rings. The number of hydrogen-bond donors (Lipinski definition) is 1. The third-order valence-corrected chi connectivity index (χ3v) is 4.42. The van der Waals surface area contributed by atoms with E-state index >= 15 is 0 Å². The number of nitrogens with one attached hydrogen (secondary N) is 1. The van der Waals surface area contributed by atoms with E-state index in [0.29, 0.717) is 16.5 Å². The Labute approximate surface area is 148 Å². The van der Waals surface area contributed by atoms with E-state index in [2.05, 4.69) is 10.5 Å². The highest BCUT2D eigenvalue weighted by molar-refractivity contribution is 7.99. The highest BCUT2D eigenvalue weighted by Gasteiger charge is 2.12. The smallest absolute Gasteiger partial charge is 0.316 e. The summed E-state index contributed by atoms with van der Waals surface area (Å²) in [6.45, 7) is 3.33. The zero-order valence-corrected chi connectivity index (χ0v) is 14.9. The predicted molar refractivity (Wildman–Crippen MR) is 93.2 cm³/mol. The lowest BCUT2D eigenvalue weighted by Crippen LogP contribution is -2.21. The van der Waals surface area contributed by atoms with E-state index in [1.165, 1.54) is 11.8 Å². The molecule has 1 aromatic heterocycles. The van der Waals surface area contributed by atoms with E-state index in [4.69, 9.17) is 20.9 Å². The van der Waals surface area contributed by atoms with Crippen LogP contribution in [0.1, 0.15) is 17.0 Å². The Morgan fingerprint density at radius 1 is 1.33 bits per heavy atom. The topological polar surface area (TPSA) is 81.4 Å². The van der Waals surface area contributed by atoms with Gasteiger partial charge in [0.2, 0.25) is 0 Å². The number of hydrogen-bond acceptors (Lipinski definition) is 6. The van der Waals surface area contributed by atoms with Gasteiger partial charge in [-0.25, -0.2) is 0 Å². The van der Waals surface area contributed by atoms with Gasteiger partial charge in [0.05, 0.1) is 22.2 Å². The molecule has 0 saturated heterocycles. The number of amides is 1. The molecule has 0 atom stereocenters. The maximum atomic E-state index is 11.7. The van der Waals surface area contributed by atoms with Crippen LogP contribution in [-0.4, -0.2) is 29.4 Å². The number of ether oxygens (including phenoxy) is 1. The van der Waals surface area contributed by atoms with Gasteiger partial charge in [0, 0.05) is 11.3 Å². The number of para-hydroxylation sites is 1. The van der Waals surface area contributed by atoms with E-state index in [9.17, 15) is 9.59 Å². The number of carbonyl (C=O) groups excluding carboxylic acids is 2. The number of halogens is 1. The molecule has 0 unspecified atom stereocenters. The molecule has 0 fully saturated rings. The van der Waals surface area contributed by atoms with E-state index in [1.807, 2.05) is 13.8 Å². The molecule has 128 valence electrons. The minimum absolute atomic E-state index is 0.142. The van der Waals surface area contributed by atoms with Crippen molar-refractivity contribution >= 4 is 40.9 Å². The second-order valence-corrected chi connectivity index (χ2v) is 6.38. The number of nitrogens with zero attached hydrogens (tertiary/aromatic N) is 1. The summed E-state index contributed by atoms with van der Waals surface area (Å²) < 4.78 is 10.00. The Bertz CT molecular complexity index is 713. The second-order valence-electron chi connectivity index (χ2n) is 4.98. The summed E-state index contributed by atoms with van der Waals surface area (Å²) in [5.41, 5.74) is 2.27. The summed E-state index contributed by atoms with van der Waals surface area (Å²) in [5.74, 6) is 0.589. The highest BCUT2D eigenvalue weighted by Crippen LogP contribution is 2.21. The molecule has 1 amide bonds. The van der Waals surface area contributed by atoms with Crippen LogP contribution in [-0.2, 0) is 20.1 Å². The summed E-state index contributed by atoms with van der Waals surface area (Å²) in [4.78, 5) is 23.4. The molecule has 2 rings (SSSR count). The van der Waals surface area contributed by atoms with Crippen molar-refractivity contribution in [1.29, 1.82) is 0 Å². The zero-order chi connectivity index (χ0) is 17.5. The summed E-state index contributed by atoms with van der Waals surface area (Å²) in [6.07, 6.45) is 0. The molecule has 6 nitrogen and oxygen atoms in total. The van der Waals surface area contributed by atoms with Gasteiger partial charge < -0.3 is 14.6 Å². The second kappa shape index (κ2) is 8.75. The Morgan fingerprint density at radius 2 is 2.08 bits per heavy atom. The molecule has 1 heterocycles. The standard InChI is InChI=1S/C16H17ClN2O4S/c1-10-12(11(2)23-19-10)8-24-9-16(21)22-7-15(20)18-14-6-4-3-5-13(14)17/h3-6H,7-9H2,1-2H3,(H,18,20). The van der Waals surface area contributed by atoms with Gasteiger partial charge in [-0.1, -0.05) is 28.9 Å². The van der Waals surface area contributed by atoms with Crippen LogP contribution in [0.3, 0.4) is 0 Å². The summed E-state index contributed by atoms with van der Waals surface area (Å²) >= 11 is 7.31. The quantitative estimate of drug-likeness (QED) is 0.754. The first-order chi connectivity index (χ1) is 11.5. The molecule has 0 spiro atoms. The SMILES string of the molecule is Cc1noc(C)c1CSCC(=O)OCC(=O)Nc1ccccc1Cl. The fourth-order valence-corrected chi connectivity index (χ4v) is 3.03. The van der Waals surface area contributed by atoms with Crippen molar-refractivity contribution in [2.45, 2.75) is 19.6 Å². The molecule has 8 heteroatoms. The minimum atomic E-state index is -0.457. The highest BCUT2D eigenvalue weighted by atomic mass is 35.5. The van der Waals surface area contributed by atoms with Gasteiger partial charge in [0.15, 0.2) is 6.61 Å². The first-order valence-electron chi connectivity index (χ1n) is 7.17. The molecule has 0 saturated carbocycles. The maximum Gasteiger partial charge on any atom is 0.316 e. The average molecular weight is 369 g/mol.